The fraction of sp³-hybridized carbons (Fsp3) is 0.909. The molecule has 0 saturated carbocycles. The lowest BCUT2D eigenvalue weighted by molar-refractivity contribution is -0.136. The van der Waals surface area contributed by atoms with Crippen LogP contribution in [0.5, 0.6) is 0 Å². The van der Waals surface area contributed by atoms with Gasteiger partial charge in [0.1, 0.15) is 0 Å². The standard InChI is InChI=1S/C11H21NO3/c1-3-4-10(13)12(2)9-11(14)5-7-15-8-6-11/h14H,3-9H2,1-2H3. The predicted octanol–water partition coefficient (Wildman–Crippen LogP) is 0.786. The van der Waals surface area contributed by atoms with E-state index in [2.05, 4.69) is 0 Å². The van der Waals surface area contributed by atoms with Gasteiger partial charge in [0.15, 0.2) is 0 Å². The predicted molar refractivity (Wildman–Crippen MR) is 57.5 cm³/mol. The maximum absolute atomic E-state index is 11.5. The molecule has 0 radical (unpaired) electrons. The van der Waals surface area contributed by atoms with E-state index in [1.807, 2.05) is 6.92 Å². The number of hydrogen-bond donors (Lipinski definition) is 1. The summed E-state index contributed by atoms with van der Waals surface area (Å²) in [5, 5.41) is 10.2. The number of rotatable bonds is 4. The molecule has 15 heavy (non-hydrogen) atoms. The Balaban J connectivity index is 2.41. The van der Waals surface area contributed by atoms with E-state index in [9.17, 15) is 9.90 Å². The normalized spacial score (nSPS) is 19.9. The molecular formula is C11H21NO3. The maximum Gasteiger partial charge on any atom is 0.222 e. The molecule has 1 saturated heterocycles. The molecular weight excluding hydrogens is 194 g/mol. The molecule has 1 amide bonds. The number of ether oxygens (including phenoxy) is 1. The first-order valence-electron chi connectivity index (χ1n) is 5.61. The second-order valence-electron chi connectivity index (χ2n) is 4.34. The van der Waals surface area contributed by atoms with Gasteiger partial charge in [-0.15, -0.1) is 0 Å². The monoisotopic (exact) mass is 215 g/mol. The van der Waals surface area contributed by atoms with E-state index in [0.717, 1.165) is 6.42 Å². The van der Waals surface area contributed by atoms with Crippen LogP contribution in [0.4, 0.5) is 0 Å². The van der Waals surface area contributed by atoms with E-state index in [1.165, 1.54) is 0 Å². The van der Waals surface area contributed by atoms with Crippen molar-refractivity contribution in [2.45, 2.75) is 38.2 Å². The van der Waals surface area contributed by atoms with E-state index >= 15 is 0 Å². The summed E-state index contributed by atoms with van der Waals surface area (Å²) in [6.45, 7) is 3.59. The SMILES string of the molecule is CCCC(=O)N(C)CC1(O)CCOCC1. The van der Waals surface area contributed by atoms with Crippen LogP contribution in [-0.4, -0.2) is 48.3 Å². The van der Waals surface area contributed by atoms with E-state index in [4.69, 9.17) is 4.74 Å². The van der Waals surface area contributed by atoms with E-state index in [1.54, 1.807) is 11.9 Å². The summed E-state index contributed by atoms with van der Waals surface area (Å²) in [5.41, 5.74) is -0.740. The maximum atomic E-state index is 11.5. The lowest BCUT2D eigenvalue weighted by Gasteiger charge is -2.35. The van der Waals surface area contributed by atoms with Gasteiger partial charge >= 0.3 is 0 Å². The molecule has 0 spiro atoms. The van der Waals surface area contributed by atoms with Gasteiger partial charge in [-0.05, 0) is 6.42 Å². The third kappa shape index (κ3) is 3.80. The molecule has 1 aliphatic rings. The minimum atomic E-state index is -0.740. The summed E-state index contributed by atoms with van der Waals surface area (Å²) in [7, 11) is 1.76. The number of hydrogen-bond acceptors (Lipinski definition) is 3. The molecule has 1 aliphatic heterocycles. The highest BCUT2D eigenvalue weighted by Crippen LogP contribution is 2.21. The molecule has 0 unspecified atom stereocenters. The Kier molecular flexibility index (Phi) is 4.54. The average molecular weight is 215 g/mol. The molecule has 0 aromatic rings. The van der Waals surface area contributed by atoms with Crippen molar-refractivity contribution in [2.75, 3.05) is 26.8 Å². The van der Waals surface area contributed by atoms with Gasteiger partial charge in [0.2, 0.25) is 5.91 Å². The molecule has 0 aromatic heterocycles. The molecule has 4 nitrogen and oxygen atoms in total. The average Bonchev–Trinajstić information content (AvgIpc) is 2.18. The van der Waals surface area contributed by atoms with Crippen LogP contribution in [0.15, 0.2) is 0 Å². The van der Waals surface area contributed by atoms with Gasteiger partial charge in [0.05, 0.1) is 5.60 Å². The minimum Gasteiger partial charge on any atom is -0.388 e. The molecule has 4 heteroatoms. The topological polar surface area (TPSA) is 49.8 Å². The van der Waals surface area contributed by atoms with Gasteiger partial charge in [-0.1, -0.05) is 6.92 Å². The van der Waals surface area contributed by atoms with Crippen LogP contribution in [0, 0.1) is 0 Å². The molecule has 88 valence electrons. The Hall–Kier alpha value is -0.610. The zero-order chi connectivity index (χ0) is 11.3. The molecule has 1 rings (SSSR count). The Morgan fingerprint density at radius 1 is 1.47 bits per heavy atom. The van der Waals surface area contributed by atoms with Crippen molar-refractivity contribution in [3.05, 3.63) is 0 Å². The Labute approximate surface area is 91.2 Å². The first-order chi connectivity index (χ1) is 7.07. The van der Waals surface area contributed by atoms with Gasteiger partial charge in [-0.25, -0.2) is 0 Å². The number of likely N-dealkylation sites (N-methyl/N-ethyl adjacent to an activating group) is 1. The summed E-state index contributed by atoms with van der Waals surface area (Å²) in [5.74, 6) is 0.109. The van der Waals surface area contributed by atoms with Crippen LogP contribution in [0.1, 0.15) is 32.6 Å². The van der Waals surface area contributed by atoms with Crippen molar-refractivity contribution >= 4 is 5.91 Å². The molecule has 0 atom stereocenters. The van der Waals surface area contributed by atoms with E-state index in [-0.39, 0.29) is 5.91 Å². The number of nitrogens with zero attached hydrogens (tertiary/aromatic N) is 1. The number of amides is 1. The molecule has 0 aliphatic carbocycles. The van der Waals surface area contributed by atoms with Crippen molar-refractivity contribution in [3.63, 3.8) is 0 Å². The first-order valence-corrected chi connectivity index (χ1v) is 5.61. The lowest BCUT2D eigenvalue weighted by atomic mass is 9.94. The molecule has 0 aromatic carbocycles. The van der Waals surface area contributed by atoms with Crippen LogP contribution in [-0.2, 0) is 9.53 Å². The summed E-state index contributed by atoms with van der Waals surface area (Å²) in [6, 6.07) is 0. The molecule has 1 heterocycles. The fourth-order valence-corrected chi connectivity index (χ4v) is 1.84. The Morgan fingerprint density at radius 2 is 2.07 bits per heavy atom. The van der Waals surface area contributed by atoms with Crippen LogP contribution < -0.4 is 0 Å². The fourth-order valence-electron chi connectivity index (χ4n) is 1.84. The highest BCUT2D eigenvalue weighted by molar-refractivity contribution is 5.75. The van der Waals surface area contributed by atoms with Crippen molar-refractivity contribution in [1.29, 1.82) is 0 Å². The zero-order valence-electron chi connectivity index (χ0n) is 9.66. The van der Waals surface area contributed by atoms with Crippen LogP contribution in [0.25, 0.3) is 0 Å². The number of carbonyl (C=O) groups is 1. The lowest BCUT2D eigenvalue weighted by Crippen LogP contribution is -2.47. The summed E-state index contributed by atoms with van der Waals surface area (Å²) in [6.07, 6.45) is 2.65. The van der Waals surface area contributed by atoms with Gasteiger partial charge in [0.25, 0.3) is 0 Å². The molecule has 1 N–H and O–H groups in total. The van der Waals surface area contributed by atoms with Crippen LogP contribution in [0.2, 0.25) is 0 Å². The van der Waals surface area contributed by atoms with Gasteiger partial charge in [0, 0.05) is 46.1 Å². The van der Waals surface area contributed by atoms with Crippen molar-refractivity contribution in [3.8, 4) is 0 Å². The second kappa shape index (κ2) is 5.47. The first kappa shape index (κ1) is 12.5. The third-order valence-electron chi connectivity index (χ3n) is 2.84. The Morgan fingerprint density at radius 3 is 2.60 bits per heavy atom. The molecule has 1 fully saturated rings. The van der Waals surface area contributed by atoms with Crippen molar-refractivity contribution in [1.82, 2.24) is 4.90 Å². The highest BCUT2D eigenvalue weighted by atomic mass is 16.5. The van der Waals surface area contributed by atoms with Crippen molar-refractivity contribution in [2.24, 2.45) is 0 Å². The summed E-state index contributed by atoms with van der Waals surface area (Å²) >= 11 is 0. The smallest absolute Gasteiger partial charge is 0.222 e. The third-order valence-corrected chi connectivity index (χ3v) is 2.84. The number of carbonyl (C=O) groups excluding carboxylic acids is 1. The Bertz CT molecular complexity index is 212. The van der Waals surface area contributed by atoms with Crippen molar-refractivity contribution < 1.29 is 14.6 Å². The number of aliphatic hydroxyl groups is 1. The minimum absolute atomic E-state index is 0.109. The molecule has 0 bridgehead atoms. The second-order valence-corrected chi connectivity index (χ2v) is 4.34. The van der Waals surface area contributed by atoms with Gasteiger partial charge in [-0.2, -0.15) is 0 Å². The van der Waals surface area contributed by atoms with E-state index < -0.39 is 5.60 Å². The van der Waals surface area contributed by atoms with Crippen LogP contribution in [0.3, 0.4) is 0 Å². The zero-order valence-corrected chi connectivity index (χ0v) is 9.66. The summed E-state index contributed by atoms with van der Waals surface area (Å²) in [4.78, 5) is 13.2. The van der Waals surface area contributed by atoms with Gasteiger partial charge in [-0.3, -0.25) is 4.79 Å². The summed E-state index contributed by atoms with van der Waals surface area (Å²) < 4.78 is 5.19. The highest BCUT2D eigenvalue weighted by Gasteiger charge is 2.32. The quantitative estimate of drug-likeness (QED) is 0.754. The largest absolute Gasteiger partial charge is 0.388 e. The van der Waals surface area contributed by atoms with E-state index in [0.29, 0.717) is 39.0 Å². The van der Waals surface area contributed by atoms with Gasteiger partial charge < -0.3 is 14.7 Å². The van der Waals surface area contributed by atoms with Crippen LogP contribution >= 0.6 is 0 Å².